The van der Waals surface area contributed by atoms with Crippen molar-refractivity contribution in [3.05, 3.63) is 70.2 Å². The van der Waals surface area contributed by atoms with Gasteiger partial charge in [0.15, 0.2) is 11.6 Å². The molecule has 25 heavy (non-hydrogen) atoms. The lowest BCUT2D eigenvalue weighted by Crippen LogP contribution is -2.09. The molecule has 2 N–H and O–H groups in total. The Hall–Kier alpha value is -3.11. The number of nitrogens with zero attached hydrogens (tertiary/aromatic N) is 2. The summed E-state index contributed by atoms with van der Waals surface area (Å²) in [6.45, 7) is -0.425. The van der Waals surface area contributed by atoms with E-state index in [1.807, 2.05) is 24.3 Å². The molecule has 6 nitrogen and oxygen atoms in total. The SMILES string of the molecule is N#C/C(=C(\O)COC(=O)c1cccc(Br)c1)c1nc2ccccc2[nH]1. The van der Waals surface area contributed by atoms with Crippen LogP contribution in [0.3, 0.4) is 0 Å². The van der Waals surface area contributed by atoms with Crippen molar-refractivity contribution in [3.63, 3.8) is 0 Å². The summed E-state index contributed by atoms with van der Waals surface area (Å²) in [6.07, 6.45) is 0. The van der Waals surface area contributed by atoms with Crippen LogP contribution in [0.25, 0.3) is 16.6 Å². The minimum atomic E-state index is -0.602. The largest absolute Gasteiger partial charge is 0.507 e. The number of H-pyrrole nitrogens is 1. The van der Waals surface area contributed by atoms with Crippen molar-refractivity contribution < 1.29 is 14.6 Å². The number of benzene rings is 2. The lowest BCUT2D eigenvalue weighted by molar-refractivity contribution is 0.0502. The van der Waals surface area contributed by atoms with Crippen molar-refractivity contribution in [2.75, 3.05) is 6.61 Å². The lowest BCUT2D eigenvalue weighted by Gasteiger charge is -2.06. The van der Waals surface area contributed by atoms with Crippen LogP contribution in [0.4, 0.5) is 0 Å². The van der Waals surface area contributed by atoms with Gasteiger partial charge in [-0.05, 0) is 30.3 Å². The van der Waals surface area contributed by atoms with Crippen LogP contribution >= 0.6 is 15.9 Å². The zero-order valence-electron chi connectivity index (χ0n) is 12.9. The maximum Gasteiger partial charge on any atom is 0.338 e. The minimum Gasteiger partial charge on any atom is -0.507 e. The fraction of sp³-hybridized carbons (Fsp3) is 0.0556. The van der Waals surface area contributed by atoms with Crippen LogP contribution in [0.5, 0.6) is 0 Å². The molecule has 3 aromatic rings. The van der Waals surface area contributed by atoms with Gasteiger partial charge < -0.3 is 14.8 Å². The zero-order chi connectivity index (χ0) is 17.8. The van der Waals surface area contributed by atoms with E-state index in [1.54, 1.807) is 30.3 Å². The van der Waals surface area contributed by atoms with Crippen LogP contribution < -0.4 is 0 Å². The van der Waals surface area contributed by atoms with Gasteiger partial charge in [0, 0.05) is 4.47 Å². The van der Waals surface area contributed by atoms with Gasteiger partial charge in [-0.25, -0.2) is 9.78 Å². The van der Waals surface area contributed by atoms with E-state index in [0.717, 1.165) is 9.99 Å². The molecule has 7 heteroatoms. The molecule has 0 aliphatic heterocycles. The molecular formula is C18H12BrN3O3. The smallest absolute Gasteiger partial charge is 0.338 e. The van der Waals surface area contributed by atoms with Crippen molar-refractivity contribution in [2.45, 2.75) is 0 Å². The Labute approximate surface area is 151 Å². The van der Waals surface area contributed by atoms with E-state index >= 15 is 0 Å². The number of aliphatic hydroxyl groups is 1. The fourth-order valence-corrected chi connectivity index (χ4v) is 2.63. The molecule has 0 unspecified atom stereocenters. The van der Waals surface area contributed by atoms with Crippen molar-refractivity contribution in [2.24, 2.45) is 0 Å². The third kappa shape index (κ3) is 3.70. The topological polar surface area (TPSA) is 99.0 Å². The number of ether oxygens (including phenoxy) is 1. The Kier molecular flexibility index (Phi) is 4.82. The van der Waals surface area contributed by atoms with Crippen molar-refractivity contribution in [1.82, 2.24) is 9.97 Å². The average Bonchev–Trinajstić information content (AvgIpc) is 3.03. The van der Waals surface area contributed by atoms with Gasteiger partial charge in [0.1, 0.15) is 18.2 Å². The number of aromatic nitrogens is 2. The van der Waals surface area contributed by atoms with Gasteiger partial charge in [-0.3, -0.25) is 0 Å². The highest BCUT2D eigenvalue weighted by Gasteiger charge is 2.15. The van der Waals surface area contributed by atoms with Gasteiger partial charge in [0.05, 0.1) is 16.6 Å². The highest BCUT2D eigenvalue weighted by molar-refractivity contribution is 9.10. The number of hydrogen-bond donors (Lipinski definition) is 2. The molecule has 0 aliphatic carbocycles. The summed E-state index contributed by atoms with van der Waals surface area (Å²) in [6, 6.07) is 15.8. The molecule has 1 aromatic heterocycles. The normalized spacial score (nSPS) is 11.7. The summed E-state index contributed by atoms with van der Waals surface area (Å²) < 4.78 is 5.80. The number of nitrogens with one attached hydrogen (secondary N) is 1. The molecule has 0 radical (unpaired) electrons. The van der Waals surface area contributed by atoms with E-state index in [-0.39, 0.29) is 17.2 Å². The first kappa shape index (κ1) is 16.7. The molecule has 0 aliphatic rings. The summed E-state index contributed by atoms with van der Waals surface area (Å²) in [5, 5.41) is 19.5. The van der Waals surface area contributed by atoms with Crippen LogP contribution in [0.15, 0.2) is 58.8 Å². The predicted octanol–water partition coefficient (Wildman–Crippen LogP) is 3.98. The molecule has 3 rings (SSSR count). The van der Waals surface area contributed by atoms with Crippen molar-refractivity contribution >= 4 is 38.5 Å². The standard InChI is InChI=1S/C18H12BrN3O3/c19-12-5-3-4-11(8-12)18(24)25-10-16(23)13(9-20)17-21-14-6-1-2-7-15(14)22-17/h1-8,23H,10H2,(H,21,22)/b16-13+. The number of allylic oxidation sites excluding steroid dienone is 1. The number of carbonyl (C=O) groups is 1. The highest BCUT2D eigenvalue weighted by atomic mass is 79.9. The van der Waals surface area contributed by atoms with Gasteiger partial charge in [-0.2, -0.15) is 5.26 Å². The van der Waals surface area contributed by atoms with Gasteiger partial charge in [-0.15, -0.1) is 0 Å². The number of nitriles is 1. The molecule has 0 fully saturated rings. The number of fused-ring (bicyclic) bond motifs is 1. The maximum atomic E-state index is 12.0. The summed E-state index contributed by atoms with van der Waals surface area (Å²) in [5.41, 5.74) is 1.68. The summed E-state index contributed by atoms with van der Waals surface area (Å²) in [7, 11) is 0. The fourth-order valence-electron chi connectivity index (χ4n) is 2.23. The van der Waals surface area contributed by atoms with Crippen LogP contribution in [0.2, 0.25) is 0 Å². The van der Waals surface area contributed by atoms with Crippen LogP contribution in [0.1, 0.15) is 16.2 Å². The molecule has 0 saturated heterocycles. The van der Waals surface area contributed by atoms with Gasteiger partial charge >= 0.3 is 5.97 Å². The van der Waals surface area contributed by atoms with Crippen molar-refractivity contribution in [1.29, 1.82) is 5.26 Å². The number of para-hydroxylation sites is 2. The summed E-state index contributed by atoms with van der Waals surface area (Å²) in [5.74, 6) is -0.751. The third-order valence-corrected chi connectivity index (χ3v) is 3.92. The maximum absolute atomic E-state index is 12.0. The highest BCUT2D eigenvalue weighted by Crippen LogP contribution is 2.19. The summed E-state index contributed by atoms with van der Waals surface area (Å²) in [4.78, 5) is 19.2. The average molecular weight is 398 g/mol. The van der Waals surface area contributed by atoms with E-state index < -0.39 is 12.6 Å². The molecule has 0 saturated carbocycles. The molecule has 0 atom stereocenters. The molecule has 2 aromatic carbocycles. The molecule has 0 bridgehead atoms. The number of carbonyl (C=O) groups excluding carboxylic acids is 1. The van der Waals surface area contributed by atoms with Crippen LogP contribution in [-0.2, 0) is 4.74 Å². The molecule has 0 amide bonds. The molecule has 124 valence electrons. The lowest BCUT2D eigenvalue weighted by atomic mass is 10.2. The first-order valence-corrected chi connectivity index (χ1v) is 8.08. The Morgan fingerprint density at radius 1 is 1.28 bits per heavy atom. The predicted molar refractivity (Wildman–Crippen MR) is 95.7 cm³/mol. The third-order valence-electron chi connectivity index (χ3n) is 3.43. The first-order valence-electron chi connectivity index (χ1n) is 7.28. The van der Waals surface area contributed by atoms with Crippen molar-refractivity contribution in [3.8, 4) is 6.07 Å². The van der Waals surface area contributed by atoms with Gasteiger partial charge in [-0.1, -0.05) is 34.1 Å². The Balaban J connectivity index is 1.80. The molecular weight excluding hydrogens is 386 g/mol. The number of hydrogen-bond acceptors (Lipinski definition) is 5. The number of rotatable bonds is 4. The van der Waals surface area contributed by atoms with E-state index in [9.17, 15) is 15.2 Å². The number of imidazole rings is 1. The number of halogens is 1. The van der Waals surface area contributed by atoms with Crippen LogP contribution in [0, 0.1) is 11.3 Å². The first-order chi connectivity index (χ1) is 12.1. The quantitative estimate of drug-likeness (QED) is 0.394. The van der Waals surface area contributed by atoms with E-state index in [1.165, 1.54) is 0 Å². The number of aromatic amines is 1. The Morgan fingerprint density at radius 2 is 2.08 bits per heavy atom. The Morgan fingerprint density at radius 3 is 2.80 bits per heavy atom. The second-order valence-electron chi connectivity index (χ2n) is 5.12. The molecule has 1 heterocycles. The second-order valence-corrected chi connectivity index (χ2v) is 6.04. The summed E-state index contributed by atoms with van der Waals surface area (Å²) >= 11 is 3.27. The van der Waals surface area contributed by atoms with Gasteiger partial charge in [0.25, 0.3) is 0 Å². The minimum absolute atomic E-state index is 0.0711. The molecule has 0 spiro atoms. The van der Waals surface area contributed by atoms with E-state index in [2.05, 4.69) is 25.9 Å². The van der Waals surface area contributed by atoms with Gasteiger partial charge in [0.2, 0.25) is 0 Å². The zero-order valence-corrected chi connectivity index (χ0v) is 14.4. The number of esters is 1. The van der Waals surface area contributed by atoms with E-state index in [4.69, 9.17) is 4.74 Å². The Bertz CT molecular complexity index is 985. The number of aliphatic hydroxyl groups excluding tert-OH is 1. The monoisotopic (exact) mass is 397 g/mol. The second kappa shape index (κ2) is 7.20. The van der Waals surface area contributed by atoms with E-state index in [0.29, 0.717) is 11.1 Å². The van der Waals surface area contributed by atoms with Crippen LogP contribution in [-0.4, -0.2) is 27.7 Å².